The molecule has 1 heterocycles. The van der Waals surface area contributed by atoms with E-state index in [9.17, 15) is 13.2 Å². The molecule has 0 fully saturated rings. The number of aromatic nitrogens is 3. The fourth-order valence-corrected chi connectivity index (χ4v) is 0.936. The third kappa shape index (κ3) is 4.26. The van der Waals surface area contributed by atoms with Crippen LogP contribution in [-0.4, -0.2) is 39.3 Å². The third-order valence-corrected chi connectivity index (χ3v) is 1.55. The number of hydrogen-bond acceptors (Lipinski definition) is 4. The maximum Gasteiger partial charge on any atom is 0.411 e. The second-order valence-corrected chi connectivity index (χ2v) is 2.73. The molecule has 0 aliphatic rings. The molecule has 8 heteroatoms. The molecule has 0 saturated carbocycles. The summed E-state index contributed by atoms with van der Waals surface area (Å²) in [7, 11) is 0. The lowest BCUT2D eigenvalue weighted by atomic mass is 10.6. The molecule has 0 amide bonds. The number of hydrogen-bond donors (Lipinski definition) is 1. The zero-order chi connectivity index (χ0) is 11.3. The van der Waals surface area contributed by atoms with Crippen molar-refractivity contribution in [2.24, 2.45) is 0 Å². The number of halogens is 3. The first-order valence-electron chi connectivity index (χ1n) is 4.15. The molecule has 86 valence electrons. The molecule has 1 rings (SSSR count). The molecule has 0 bridgehead atoms. The van der Waals surface area contributed by atoms with Crippen molar-refractivity contribution in [2.45, 2.75) is 19.3 Å². The van der Waals surface area contributed by atoms with Crippen LogP contribution in [0.3, 0.4) is 0 Å². The molecule has 1 aromatic rings. The molecule has 0 unspecified atom stereocenters. The summed E-state index contributed by atoms with van der Waals surface area (Å²) < 4.78 is 40.7. The zero-order valence-electron chi connectivity index (χ0n) is 7.74. The minimum atomic E-state index is -4.32. The van der Waals surface area contributed by atoms with Crippen molar-refractivity contribution in [1.82, 2.24) is 14.8 Å². The Morgan fingerprint density at radius 2 is 2.20 bits per heavy atom. The Bertz CT molecular complexity index is 300. The highest BCUT2D eigenvalue weighted by Gasteiger charge is 2.27. The summed E-state index contributed by atoms with van der Waals surface area (Å²) in [6.45, 7) is -1.59. The van der Waals surface area contributed by atoms with E-state index < -0.39 is 12.8 Å². The van der Waals surface area contributed by atoms with Crippen molar-refractivity contribution in [3.8, 4) is 0 Å². The van der Waals surface area contributed by atoms with Crippen LogP contribution in [0.25, 0.3) is 0 Å². The van der Waals surface area contributed by atoms with Gasteiger partial charge in [-0.3, -0.25) is 0 Å². The fourth-order valence-electron chi connectivity index (χ4n) is 0.936. The van der Waals surface area contributed by atoms with Crippen LogP contribution in [0.15, 0.2) is 6.33 Å². The second kappa shape index (κ2) is 5.08. The summed E-state index contributed by atoms with van der Waals surface area (Å²) in [5.74, 6) is 0.297. The van der Waals surface area contributed by atoms with Crippen LogP contribution >= 0.6 is 0 Å². The Kier molecular flexibility index (Phi) is 4.04. The standard InChI is InChI=1S/C7H10F3N3O2/c8-7(9,10)4-15-2-1-13-6(3-14)11-5-12-13/h5,14H,1-4H2. The molecule has 0 aliphatic carbocycles. The molecule has 15 heavy (non-hydrogen) atoms. The average Bonchev–Trinajstić information content (AvgIpc) is 2.58. The normalized spacial score (nSPS) is 12.0. The van der Waals surface area contributed by atoms with E-state index in [1.807, 2.05) is 0 Å². The van der Waals surface area contributed by atoms with Gasteiger partial charge in [-0.15, -0.1) is 0 Å². The van der Waals surface area contributed by atoms with E-state index in [1.165, 1.54) is 11.0 Å². The molecule has 1 N–H and O–H groups in total. The highest BCUT2D eigenvalue weighted by Crippen LogP contribution is 2.14. The van der Waals surface area contributed by atoms with Gasteiger partial charge in [-0.1, -0.05) is 0 Å². The van der Waals surface area contributed by atoms with Gasteiger partial charge in [0.15, 0.2) is 5.82 Å². The van der Waals surface area contributed by atoms with Crippen LogP contribution in [0.5, 0.6) is 0 Å². The number of ether oxygens (including phenoxy) is 1. The first-order valence-corrected chi connectivity index (χ1v) is 4.15. The highest BCUT2D eigenvalue weighted by atomic mass is 19.4. The smallest absolute Gasteiger partial charge is 0.388 e. The minimum absolute atomic E-state index is 0.129. The zero-order valence-corrected chi connectivity index (χ0v) is 7.74. The Morgan fingerprint density at radius 1 is 1.47 bits per heavy atom. The summed E-state index contributed by atoms with van der Waals surface area (Å²) in [5, 5.41) is 12.5. The van der Waals surface area contributed by atoms with Crippen LogP contribution in [0.4, 0.5) is 13.2 Å². The van der Waals surface area contributed by atoms with E-state index in [0.29, 0.717) is 5.82 Å². The van der Waals surface area contributed by atoms with Crippen molar-refractivity contribution in [2.75, 3.05) is 13.2 Å². The van der Waals surface area contributed by atoms with Gasteiger partial charge in [0.2, 0.25) is 0 Å². The maximum atomic E-state index is 11.7. The Labute approximate surface area is 83.5 Å². The van der Waals surface area contributed by atoms with Crippen LogP contribution < -0.4 is 0 Å². The lowest BCUT2D eigenvalue weighted by Crippen LogP contribution is -2.19. The highest BCUT2D eigenvalue weighted by molar-refractivity contribution is 4.80. The largest absolute Gasteiger partial charge is 0.411 e. The molecule has 0 aromatic carbocycles. The number of alkyl halides is 3. The van der Waals surface area contributed by atoms with Gasteiger partial charge in [-0.25, -0.2) is 9.67 Å². The van der Waals surface area contributed by atoms with Crippen molar-refractivity contribution < 1.29 is 23.0 Å². The second-order valence-electron chi connectivity index (χ2n) is 2.73. The molecule has 0 atom stereocenters. The first-order chi connectivity index (χ1) is 7.03. The monoisotopic (exact) mass is 225 g/mol. The van der Waals surface area contributed by atoms with E-state index in [2.05, 4.69) is 14.8 Å². The van der Waals surface area contributed by atoms with Crippen LogP contribution in [-0.2, 0) is 17.9 Å². The summed E-state index contributed by atoms with van der Waals surface area (Å²) in [6, 6.07) is 0. The molecule has 0 radical (unpaired) electrons. The van der Waals surface area contributed by atoms with Gasteiger partial charge in [0.05, 0.1) is 13.2 Å². The molecular weight excluding hydrogens is 215 g/mol. The maximum absolute atomic E-state index is 11.7. The van der Waals surface area contributed by atoms with Crippen molar-refractivity contribution in [3.63, 3.8) is 0 Å². The van der Waals surface area contributed by atoms with E-state index in [0.717, 1.165) is 0 Å². The van der Waals surface area contributed by atoms with Crippen LogP contribution in [0, 0.1) is 0 Å². The average molecular weight is 225 g/mol. The van der Waals surface area contributed by atoms with Gasteiger partial charge >= 0.3 is 6.18 Å². The molecular formula is C7H10F3N3O2. The number of aliphatic hydroxyl groups excluding tert-OH is 1. The fraction of sp³-hybridized carbons (Fsp3) is 0.714. The van der Waals surface area contributed by atoms with E-state index in [4.69, 9.17) is 5.11 Å². The number of aliphatic hydroxyl groups is 1. The van der Waals surface area contributed by atoms with Gasteiger partial charge in [-0.2, -0.15) is 18.3 Å². The predicted octanol–water partition coefficient (Wildman–Crippen LogP) is 0.349. The Morgan fingerprint density at radius 3 is 2.80 bits per heavy atom. The predicted molar refractivity (Wildman–Crippen MR) is 42.8 cm³/mol. The van der Waals surface area contributed by atoms with Gasteiger partial charge in [0, 0.05) is 0 Å². The van der Waals surface area contributed by atoms with Crippen molar-refractivity contribution >= 4 is 0 Å². The van der Waals surface area contributed by atoms with E-state index >= 15 is 0 Å². The van der Waals surface area contributed by atoms with Gasteiger partial charge in [0.1, 0.15) is 19.5 Å². The topological polar surface area (TPSA) is 60.2 Å². The number of nitrogens with zero attached hydrogens (tertiary/aromatic N) is 3. The molecule has 1 aromatic heterocycles. The lowest BCUT2D eigenvalue weighted by molar-refractivity contribution is -0.174. The first kappa shape index (κ1) is 11.9. The van der Waals surface area contributed by atoms with Crippen LogP contribution in [0.1, 0.15) is 5.82 Å². The van der Waals surface area contributed by atoms with Crippen LogP contribution in [0.2, 0.25) is 0 Å². The number of rotatable bonds is 5. The van der Waals surface area contributed by atoms with Gasteiger partial charge < -0.3 is 9.84 Å². The SMILES string of the molecule is OCc1ncnn1CCOCC(F)(F)F. The molecule has 5 nitrogen and oxygen atoms in total. The summed E-state index contributed by atoms with van der Waals surface area (Å²) in [5.41, 5.74) is 0. The quantitative estimate of drug-likeness (QED) is 0.734. The van der Waals surface area contributed by atoms with Crippen molar-refractivity contribution in [3.05, 3.63) is 12.2 Å². The van der Waals surface area contributed by atoms with Gasteiger partial charge in [0.25, 0.3) is 0 Å². The van der Waals surface area contributed by atoms with Crippen molar-refractivity contribution in [1.29, 1.82) is 0 Å². The van der Waals surface area contributed by atoms with E-state index in [-0.39, 0.29) is 19.8 Å². The van der Waals surface area contributed by atoms with Gasteiger partial charge in [-0.05, 0) is 0 Å². The molecule has 0 saturated heterocycles. The summed E-state index contributed by atoms with van der Waals surface area (Å²) in [4.78, 5) is 3.69. The third-order valence-electron chi connectivity index (χ3n) is 1.55. The summed E-state index contributed by atoms with van der Waals surface area (Å²) in [6.07, 6.45) is -3.10. The summed E-state index contributed by atoms with van der Waals surface area (Å²) >= 11 is 0. The lowest BCUT2D eigenvalue weighted by Gasteiger charge is -2.08. The molecule has 0 spiro atoms. The Balaban J connectivity index is 2.26. The van der Waals surface area contributed by atoms with E-state index in [1.54, 1.807) is 0 Å². The minimum Gasteiger partial charge on any atom is -0.388 e. The Hall–Kier alpha value is -1.15. The molecule has 0 aliphatic heterocycles.